The zero-order valence-electron chi connectivity index (χ0n) is 17.7. The minimum atomic E-state index is -0.235. The topological polar surface area (TPSA) is 79.3 Å². The summed E-state index contributed by atoms with van der Waals surface area (Å²) in [7, 11) is 1.74. The van der Waals surface area contributed by atoms with Crippen LogP contribution in [-0.4, -0.2) is 40.0 Å². The molecular formula is C23H25BrFN5O2. The summed E-state index contributed by atoms with van der Waals surface area (Å²) in [5.41, 5.74) is 7.78. The first-order valence-corrected chi connectivity index (χ1v) is 11.3. The van der Waals surface area contributed by atoms with Crippen LogP contribution in [0.4, 0.5) is 4.39 Å². The van der Waals surface area contributed by atoms with Gasteiger partial charge in [0.2, 0.25) is 5.91 Å². The molecule has 32 heavy (non-hydrogen) atoms. The molecule has 3 aromatic rings. The molecule has 1 aromatic heterocycles. The van der Waals surface area contributed by atoms with E-state index in [0.29, 0.717) is 17.4 Å². The van der Waals surface area contributed by atoms with Gasteiger partial charge in [-0.3, -0.25) is 25.0 Å². The Balaban J connectivity index is 1.27. The molecule has 2 atom stereocenters. The first kappa shape index (κ1) is 22.6. The molecule has 2 N–H and O–H groups in total. The summed E-state index contributed by atoms with van der Waals surface area (Å²) in [4.78, 5) is 31.2. The van der Waals surface area contributed by atoms with E-state index in [1.165, 1.54) is 17.0 Å². The number of carbonyl (C=O) groups excluding carboxylic acids is 1. The predicted molar refractivity (Wildman–Crippen MR) is 124 cm³/mol. The molecule has 2 heterocycles. The fraction of sp³-hybridized carbons (Fsp3) is 0.348. The summed E-state index contributed by atoms with van der Waals surface area (Å²) in [6, 6.07) is 12.3. The number of amides is 1. The second-order valence-corrected chi connectivity index (χ2v) is 9.04. The number of rotatable bonds is 7. The molecule has 9 heteroatoms. The van der Waals surface area contributed by atoms with Crippen molar-refractivity contribution in [1.82, 2.24) is 25.3 Å². The van der Waals surface area contributed by atoms with Crippen molar-refractivity contribution >= 4 is 32.7 Å². The van der Waals surface area contributed by atoms with Crippen LogP contribution in [0.25, 0.3) is 10.9 Å². The number of carbonyl (C=O) groups is 1. The number of hydrogen-bond acceptors (Lipinski definition) is 5. The largest absolute Gasteiger partial charge is 0.344 e. The monoisotopic (exact) mass is 501 g/mol. The standard InChI is InChI=1S/C23H25BrFN5O2/c1-29(9-3-6-18-12-21(28-27-18)15-4-2-5-17(25)10-15)22(31)13-30-14-26-20-8-7-16(24)11-19(20)23(30)32/h2,4-5,7-8,10-11,14,18,21,27-28H,3,6,9,12-13H2,1H3. The molecule has 0 radical (unpaired) electrons. The van der Waals surface area contributed by atoms with E-state index in [1.807, 2.05) is 12.1 Å². The van der Waals surface area contributed by atoms with Crippen LogP contribution in [0.5, 0.6) is 0 Å². The lowest BCUT2D eigenvalue weighted by Gasteiger charge is -2.19. The Kier molecular flexibility index (Phi) is 6.98. The average molecular weight is 502 g/mol. The van der Waals surface area contributed by atoms with Crippen molar-refractivity contribution in [3.05, 3.63) is 75.0 Å². The molecule has 0 aliphatic carbocycles. The van der Waals surface area contributed by atoms with Gasteiger partial charge in [0, 0.05) is 30.1 Å². The van der Waals surface area contributed by atoms with Crippen LogP contribution < -0.4 is 16.4 Å². The highest BCUT2D eigenvalue weighted by molar-refractivity contribution is 9.10. The zero-order valence-corrected chi connectivity index (χ0v) is 19.3. The van der Waals surface area contributed by atoms with Gasteiger partial charge in [-0.05, 0) is 55.2 Å². The molecule has 0 spiro atoms. The summed E-state index contributed by atoms with van der Waals surface area (Å²) < 4.78 is 15.6. The maximum Gasteiger partial charge on any atom is 0.261 e. The molecule has 2 aromatic carbocycles. The maximum atomic E-state index is 13.4. The molecule has 1 amide bonds. The van der Waals surface area contributed by atoms with Gasteiger partial charge >= 0.3 is 0 Å². The number of nitrogens with one attached hydrogen (secondary N) is 2. The van der Waals surface area contributed by atoms with E-state index in [0.717, 1.165) is 29.3 Å². The van der Waals surface area contributed by atoms with Crippen LogP contribution in [0.1, 0.15) is 30.9 Å². The molecule has 168 valence electrons. The van der Waals surface area contributed by atoms with E-state index in [4.69, 9.17) is 0 Å². The lowest BCUT2D eigenvalue weighted by molar-refractivity contribution is -0.130. The Bertz CT molecular complexity index is 1180. The lowest BCUT2D eigenvalue weighted by Crippen LogP contribution is -2.35. The fourth-order valence-corrected chi connectivity index (χ4v) is 4.32. The van der Waals surface area contributed by atoms with E-state index in [2.05, 4.69) is 31.8 Å². The second kappa shape index (κ2) is 9.89. The highest BCUT2D eigenvalue weighted by atomic mass is 79.9. The normalized spacial score (nSPS) is 18.2. The Hall–Kier alpha value is -2.62. The first-order chi connectivity index (χ1) is 15.4. The third kappa shape index (κ3) is 5.23. The van der Waals surface area contributed by atoms with Crippen LogP contribution in [-0.2, 0) is 11.3 Å². The molecule has 1 aliphatic rings. The van der Waals surface area contributed by atoms with Crippen molar-refractivity contribution in [3.8, 4) is 0 Å². The summed E-state index contributed by atoms with van der Waals surface area (Å²) in [6.07, 6.45) is 3.97. The third-order valence-corrected chi connectivity index (χ3v) is 6.29. The van der Waals surface area contributed by atoms with E-state index in [9.17, 15) is 14.0 Å². The van der Waals surface area contributed by atoms with Gasteiger partial charge in [0.15, 0.2) is 0 Å². The Morgan fingerprint density at radius 1 is 1.28 bits per heavy atom. The van der Waals surface area contributed by atoms with E-state index in [1.54, 1.807) is 36.2 Å². The van der Waals surface area contributed by atoms with Gasteiger partial charge in [0.25, 0.3) is 5.56 Å². The van der Waals surface area contributed by atoms with Crippen molar-refractivity contribution in [3.63, 3.8) is 0 Å². The van der Waals surface area contributed by atoms with Crippen LogP contribution in [0.15, 0.2) is 58.1 Å². The van der Waals surface area contributed by atoms with Crippen molar-refractivity contribution < 1.29 is 9.18 Å². The molecule has 4 rings (SSSR count). The number of halogens is 2. The third-order valence-electron chi connectivity index (χ3n) is 5.80. The van der Waals surface area contributed by atoms with Gasteiger partial charge in [0.1, 0.15) is 12.4 Å². The summed E-state index contributed by atoms with van der Waals surface area (Å²) in [5, 5.41) is 0.477. The molecule has 1 saturated heterocycles. The average Bonchev–Trinajstić information content (AvgIpc) is 3.25. The van der Waals surface area contributed by atoms with Crippen LogP contribution >= 0.6 is 15.9 Å². The van der Waals surface area contributed by atoms with Gasteiger partial charge in [-0.1, -0.05) is 28.1 Å². The van der Waals surface area contributed by atoms with Gasteiger partial charge in [-0.25, -0.2) is 9.37 Å². The highest BCUT2D eigenvalue weighted by Crippen LogP contribution is 2.24. The Morgan fingerprint density at radius 2 is 2.12 bits per heavy atom. The van der Waals surface area contributed by atoms with Gasteiger partial charge in [-0.2, -0.15) is 0 Å². The van der Waals surface area contributed by atoms with E-state index >= 15 is 0 Å². The van der Waals surface area contributed by atoms with Crippen molar-refractivity contribution in [2.45, 2.75) is 37.9 Å². The Morgan fingerprint density at radius 3 is 2.94 bits per heavy atom. The number of nitrogens with zero attached hydrogens (tertiary/aromatic N) is 3. The number of aromatic nitrogens is 2. The smallest absolute Gasteiger partial charge is 0.261 e. The van der Waals surface area contributed by atoms with E-state index < -0.39 is 0 Å². The predicted octanol–water partition coefficient (Wildman–Crippen LogP) is 3.14. The number of benzene rings is 2. The first-order valence-electron chi connectivity index (χ1n) is 10.6. The molecule has 0 saturated carbocycles. The van der Waals surface area contributed by atoms with Crippen LogP contribution in [0.2, 0.25) is 0 Å². The van der Waals surface area contributed by atoms with Crippen molar-refractivity contribution in [2.75, 3.05) is 13.6 Å². The quantitative estimate of drug-likeness (QED) is 0.519. The van der Waals surface area contributed by atoms with Crippen LogP contribution in [0, 0.1) is 5.82 Å². The summed E-state index contributed by atoms with van der Waals surface area (Å²) >= 11 is 3.36. The summed E-state index contributed by atoms with van der Waals surface area (Å²) in [5.74, 6) is -0.375. The molecular weight excluding hydrogens is 477 g/mol. The number of fused-ring (bicyclic) bond motifs is 1. The zero-order chi connectivity index (χ0) is 22.7. The van der Waals surface area contributed by atoms with E-state index in [-0.39, 0.29) is 35.9 Å². The van der Waals surface area contributed by atoms with Gasteiger partial charge in [-0.15, -0.1) is 0 Å². The molecule has 2 unspecified atom stereocenters. The van der Waals surface area contributed by atoms with Gasteiger partial charge < -0.3 is 4.90 Å². The Labute approximate surface area is 193 Å². The van der Waals surface area contributed by atoms with Crippen molar-refractivity contribution in [1.29, 1.82) is 0 Å². The number of hydrazine groups is 1. The number of hydrogen-bond donors (Lipinski definition) is 2. The molecule has 1 aliphatic heterocycles. The highest BCUT2D eigenvalue weighted by Gasteiger charge is 2.25. The molecule has 1 fully saturated rings. The SMILES string of the molecule is CN(CCCC1CC(c2cccc(F)c2)NN1)C(=O)Cn1cnc2ccc(Br)cc2c1=O. The maximum absolute atomic E-state index is 13.4. The fourth-order valence-electron chi connectivity index (χ4n) is 3.96. The minimum absolute atomic E-state index is 0.0460. The number of likely N-dealkylation sites (N-methyl/N-ethyl adjacent to an activating group) is 1. The van der Waals surface area contributed by atoms with Crippen LogP contribution in [0.3, 0.4) is 0 Å². The minimum Gasteiger partial charge on any atom is -0.344 e. The summed E-state index contributed by atoms with van der Waals surface area (Å²) in [6.45, 7) is 0.540. The second-order valence-electron chi connectivity index (χ2n) is 8.13. The van der Waals surface area contributed by atoms with Crippen molar-refractivity contribution in [2.24, 2.45) is 0 Å². The van der Waals surface area contributed by atoms with Gasteiger partial charge in [0.05, 0.1) is 17.2 Å². The molecule has 0 bridgehead atoms. The lowest BCUT2D eigenvalue weighted by atomic mass is 9.99. The molecule has 7 nitrogen and oxygen atoms in total.